The lowest BCUT2D eigenvalue weighted by atomic mass is 10.1. The quantitative estimate of drug-likeness (QED) is 0.725. The zero-order valence-corrected chi connectivity index (χ0v) is 8.72. The lowest BCUT2D eigenvalue weighted by Gasteiger charge is -2.22. The number of aromatic nitrogens is 3. The smallest absolute Gasteiger partial charge is 0.162 e. The maximum Gasteiger partial charge on any atom is 0.162 e. The summed E-state index contributed by atoms with van der Waals surface area (Å²) in [5.41, 5.74) is 5.96. The summed E-state index contributed by atoms with van der Waals surface area (Å²) in [5.74, 6) is 2.06. The molecule has 0 radical (unpaired) electrons. The van der Waals surface area contributed by atoms with Crippen molar-refractivity contribution in [3.05, 3.63) is 11.6 Å². The molecule has 1 fully saturated rings. The minimum absolute atomic E-state index is 0.150. The minimum atomic E-state index is 0.150. The number of nitrogens with two attached hydrogens (primary N) is 1. The van der Waals surface area contributed by atoms with Gasteiger partial charge in [0.15, 0.2) is 5.82 Å². The van der Waals surface area contributed by atoms with Crippen LogP contribution in [0.25, 0.3) is 0 Å². The molecule has 82 valence electrons. The summed E-state index contributed by atoms with van der Waals surface area (Å²) >= 11 is 0. The molecular weight excluding hydrogens is 192 g/mol. The molecular formula is C10H16N4O. The van der Waals surface area contributed by atoms with E-state index in [0.29, 0.717) is 0 Å². The van der Waals surface area contributed by atoms with Crippen molar-refractivity contribution < 1.29 is 4.74 Å². The van der Waals surface area contributed by atoms with Gasteiger partial charge in [0, 0.05) is 25.6 Å². The molecule has 0 spiro atoms. The van der Waals surface area contributed by atoms with E-state index in [-0.39, 0.29) is 12.1 Å². The van der Waals surface area contributed by atoms with Crippen LogP contribution in [0.5, 0.6) is 0 Å². The van der Waals surface area contributed by atoms with Gasteiger partial charge >= 0.3 is 0 Å². The zero-order chi connectivity index (χ0) is 10.3. The molecule has 5 heteroatoms. The van der Waals surface area contributed by atoms with Crippen molar-refractivity contribution in [3.8, 4) is 0 Å². The lowest BCUT2D eigenvalue weighted by molar-refractivity contribution is 0.101. The van der Waals surface area contributed by atoms with Gasteiger partial charge in [-0.15, -0.1) is 10.2 Å². The fourth-order valence-electron chi connectivity index (χ4n) is 2.39. The normalized spacial score (nSPS) is 30.5. The standard InChI is InChI=1S/C10H16N4O/c11-7-3-4-9-12-13-10(14(9)6-7)8-2-1-5-15-8/h7-8H,1-6,11H2. The maximum atomic E-state index is 5.96. The Kier molecular flexibility index (Phi) is 2.21. The molecule has 5 nitrogen and oxygen atoms in total. The molecule has 3 heterocycles. The van der Waals surface area contributed by atoms with E-state index >= 15 is 0 Å². The van der Waals surface area contributed by atoms with Gasteiger partial charge in [0.2, 0.25) is 0 Å². The van der Waals surface area contributed by atoms with Crippen LogP contribution in [0.4, 0.5) is 0 Å². The van der Waals surface area contributed by atoms with Gasteiger partial charge in [0.25, 0.3) is 0 Å². The van der Waals surface area contributed by atoms with Crippen molar-refractivity contribution in [2.24, 2.45) is 5.73 Å². The van der Waals surface area contributed by atoms with E-state index in [4.69, 9.17) is 10.5 Å². The molecule has 0 aromatic carbocycles. The summed E-state index contributed by atoms with van der Waals surface area (Å²) in [4.78, 5) is 0. The molecule has 2 N–H and O–H groups in total. The zero-order valence-electron chi connectivity index (χ0n) is 8.72. The van der Waals surface area contributed by atoms with Crippen LogP contribution < -0.4 is 5.73 Å². The molecule has 2 aliphatic rings. The second kappa shape index (κ2) is 3.57. The van der Waals surface area contributed by atoms with Gasteiger partial charge in [-0.2, -0.15) is 0 Å². The fraction of sp³-hybridized carbons (Fsp3) is 0.800. The molecule has 2 unspecified atom stereocenters. The Morgan fingerprint density at radius 1 is 1.33 bits per heavy atom. The van der Waals surface area contributed by atoms with E-state index in [0.717, 1.165) is 50.5 Å². The molecule has 0 bridgehead atoms. The summed E-state index contributed by atoms with van der Waals surface area (Å²) in [6, 6.07) is 0.244. The second-order valence-corrected chi connectivity index (χ2v) is 4.39. The Morgan fingerprint density at radius 3 is 3.07 bits per heavy atom. The predicted octanol–water partition coefficient (Wildman–Crippen LogP) is 0.403. The first-order chi connectivity index (χ1) is 7.34. The number of aryl methyl sites for hydroxylation is 1. The number of hydrogen-bond acceptors (Lipinski definition) is 4. The highest BCUT2D eigenvalue weighted by atomic mass is 16.5. The highest BCUT2D eigenvalue weighted by Gasteiger charge is 2.27. The number of rotatable bonds is 1. The van der Waals surface area contributed by atoms with Crippen molar-refractivity contribution in [2.75, 3.05) is 6.61 Å². The Hall–Kier alpha value is -0.940. The predicted molar refractivity (Wildman–Crippen MR) is 54.2 cm³/mol. The molecule has 2 aliphatic heterocycles. The van der Waals surface area contributed by atoms with Gasteiger partial charge < -0.3 is 15.0 Å². The summed E-state index contributed by atoms with van der Waals surface area (Å²) in [5, 5.41) is 8.46. The second-order valence-electron chi connectivity index (χ2n) is 4.39. The Morgan fingerprint density at radius 2 is 2.27 bits per heavy atom. The maximum absolute atomic E-state index is 5.96. The molecule has 0 aliphatic carbocycles. The van der Waals surface area contributed by atoms with Crippen LogP contribution in [0.15, 0.2) is 0 Å². The SMILES string of the molecule is NC1CCc2nnc(C3CCCO3)n2C1. The van der Waals surface area contributed by atoms with Crippen LogP contribution in [0, 0.1) is 0 Å². The fourth-order valence-corrected chi connectivity index (χ4v) is 2.39. The van der Waals surface area contributed by atoms with Crippen molar-refractivity contribution in [1.29, 1.82) is 0 Å². The Labute approximate surface area is 88.6 Å². The minimum Gasteiger partial charge on any atom is -0.370 e. The summed E-state index contributed by atoms with van der Waals surface area (Å²) < 4.78 is 7.79. The third-order valence-corrected chi connectivity index (χ3v) is 3.23. The van der Waals surface area contributed by atoms with Gasteiger partial charge in [0.1, 0.15) is 11.9 Å². The molecule has 3 rings (SSSR count). The van der Waals surface area contributed by atoms with Crippen molar-refractivity contribution in [3.63, 3.8) is 0 Å². The molecule has 15 heavy (non-hydrogen) atoms. The first kappa shape index (κ1) is 9.30. The highest BCUT2D eigenvalue weighted by Crippen LogP contribution is 2.28. The van der Waals surface area contributed by atoms with Gasteiger partial charge in [-0.05, 0) is 19.3 Å². The topological polar surface area (TPSA) is 66.0 Å². The third-order valence-electron chi connectivity index (χ3n) is 3.23. The highest BCUT2D eigenvalue weighted by molar-refractivity contribution is 5.04. The number of hydrogen-bond donors (Lipinski definition) is 1. The largest absolute Gasteiger partial charge is 0.370 e. The van der Waals surface area contributed by atoms with Crippen molar-refractivity contribution >= 4 is 0 Å². The molecule has 0 saturated carbocycles. The van der Waals surface area contributed by atoms with Gasteiger partial charge in [-0.1, -0.05) is 0 Å². The molecule has 0 amide bonds. The van der Waals surface area contributed by atoms with Crippen LogP contribution in [0.3, 0.4) is 0 Å². The van der Waals surface area contributed by atoms with Gasteiger partial charge in [-0.3, -0.25) is 0 Å². The number of fused-ring (bicyclic) bond motifs is 1. The molecule has 1 aromatic heterocycles. The number of ether oxygens (including phenoxy) is 1. The van der Waals surface area contributed by atoms with E-state index in [1.54, 1.807) is 0 Å². The van der Waals surface area contributed by atoms with Gasteiger partial charge in [-0.25, -0.2) is 0 Å². The first-order valence-electron chi connectivity index (χ1n) is 5.64. The molecule has 1 aromatic rings. The van der Waals surface area contributed by atoms with E-state index < -0.39 is 0 Å². The molecule has 2 atom stereocenters. The average molecular weight is 208 g/mol. The number of nitrogens with zero attached hydrogens (tertiary/aromatic N) is 3. The van der Waals surface area contributed by atoms with E-state index in [1.165, 1.54) is 0 Å². The van der Waals surface area contributed by atoms with E-state index in [2.05, 4.69) is 14.8 Å². The van der Waals surface area contributed by atoms with Gasteiger partial charge in [0.05, 0.1) is 0 Å². The Bertz CT molecular complexity index is 356. The van der Waals surface area contributed by atoms with Crippen molar-refractivity contribution in [1.82, 2.24) is 14.8 Å². The summed E-state index contributed by atoms with van der Waals surface area (Å²) in [7, 11) is 0. The summed E-state index contributed by atoms with van der Waals surface area (Å²) in [6.07, 6.45) is 4.30. The van der Waals surface area contributed by atoms with Crippen molar-refractivity contribution in [2.45, 2.75) is 44.4 Å². The monoisotopic (exact) mass is 208 g/mol. The van der Waals surface area contributed by atoms with Crippen LogP contribution in [0.2, 0.25) is 0 Å². The van der Waals surface area contributed by atoms with Crippen LogP contribution in [0.1, 0.15) is 37.0 Å². The van der Waals surface area contributed by atoms with Crippen LogP contribution >= 0.6 is 0 Å². The van der Waals surface area contributed by atoms with E-state index in [1.807, 2.05) is 0 Å². The summed E-state index contributed by atoms with van der Waals surface area (Å²) in [6.45, 7) is 1.69. The molecule has 1 saturated heterocycles. The Balaban J connectivity index is 1.92. The first-order valence-corrected chi connectivity index (χ1v) is 5.64. The van der Waals surface area contributed by atoms with Crippen LogP contribution in [-0.4, -0.2) is 27.4 Å². The van der Waals surface area contributed by atoms with Crippen LogP contribution in [-0.2, 0) is 17.7 Å². The lowest BCUT2D eigenvalue weighted by Crippen LogP contribution is -2.33. The average Bonchev–Trinajstić information content (AvgIpc) is 2.83. The van der Waals surface area contributed by atoms with E-state index in [9.17, 15) is 0 Å². The third kappa shape index (κ3) is 1.55.